The minimum Gasteiger partial charge on any atom is -0.488 e. The third-order valence-corrected chi connectivity index (χ3v) is 4.71. The van der Waals surface area contributed by atoms with Gasteiger partial charge in [0.05, 0.1) is 12.1 Å². The first kappa shape index (κ1) is 18.4. The number of anilines is 1. The van der Waals surface area contributed by atoms with Crippen LogP contribution in [-0.4, -0.2) is 29.3 Å². The van der Waals surface area contributed by atoms with E-state index in [1.54, 1.807) is 24.3 Å². The molecule has 1 saturated carbocycles. The van der Waals surface area contributed by atoms with Crippen LogP contribution in [0.1, 0.15) is 31.2 Å². The van der Waals surface area contributed by atoms with Crippen LogP contribution in [0.25, 0.3) is 0 Å². The van der Waals surface area contributed by atoms with Gasteiger partial charge in [-0.2, -0.15) is 0 Å². The first-order valence-corrected chi connectivity index (χ1v) is 9.17. The number of aliphatic hydroxyl groups excluding tert-OH is 1. The number of carbonyl (C=O) groups excluding carboxylic acids is 1. The van der Waals surface area contributed by atoms with E-state index in [4.69, 9.17) is 10.5 Å². The van der Waals surface area contributed by atoms with E-state index in [1.165, 1.54) is 0 Å². The number of benzene rings is 2. The van der Waals surface area contributed by atoms with Gasteiger partial charge >= 0.3 is 0 Å². The van der Waals surface area contributed by atoms with Gasteiger partial charge in [0.2, 0.25) is 5.91 Å². The number of ether oxygens (including phenoxy) is 1. The van der Waals surface area contributed by atoms with Gasteiger partial charge < -0.3 is 20.9 Å². The third kappa shape index (κ3) is 5.07. The number of nitrogens with two attached hydrogens (primary N) is 1. The molecular formula is C21H26N2O3. The quantitative estimate of drug-likeness (QED) is 0.745. The van der Waals surface area contributed by atoms with Gasteiger partial charge in [-0.15, -0.1) is 0 Å². The maximum Gasteiger partial charge on any atom is 0.241 e. The molecule has 0 aromatic heterocycles. The molecule has 1 fully saturated rings. The standard InChI is InChI=1S/C21H26N2O3/c22-18(14-15-6-2-1-3-7-15)21(25)23-16-10-12-17(13-11-16)26-20-9-5-4-8-19(20)24/h1-3,6-7,10-13,18-20,24H,4-5,8-9,14,22H2,(H,23,25)/t18-,19?,20?/m0/s1. The first-order chi connectivity index (χ1) is 12.6. The molecule has 3 atom stereocenters. The second kappa shape index (κ2) is 8.83. The SMILES string of the molecule is N[C@@H](Cc1ccccc1)C(=O)Nc1ccc(OC2CCCCC2O)cc1. The molecule has 2 aromatic carbocycles. The zero-order valence-corrected chi connectivity index (χ0v) is 14.8. The topological polar surface area (TPSA) is 84.6 Å². The van der Waals surface area contributed by atoms with Crippen LogP contribution in [0.15, 0.2) is 54.6 Å². The predicted molar refractivity (Wildman–Crippen MR) is 102 cm³/mol. The van der Waals surface area contributed by atoms with Crippen LogP contribution in [0, 0.1) is 0 Å². The van der Waals surface area contributed by atoms with Crippen molar-refractivity contribution in [2.24, 2.45) is 5.73 Å². The lowest BCUT2D eigenvalue weighted by Crippen LogP contribution is -2.37. The Balaban J connectivity index is 1.52. The predicted octanol–water partition coefficient (Wildman–Crippen LogP) is 2.88. The fraction of sp³-hybridized carbons (Fsp3) is 0.381. The fourth-order valence-electron chi connectivity index (χ4n) is 3.20. The van der Waals surface area contributed by atoms with Crippen LogP contribution in [0.3, 0.4) is 0 Å². The Morgan fingerprint density at radius 3 is 2.50 bits per heavy atom. The highest BCUT2D eigenvalue weighted by Gasteiger charge is 2.24. The number of nitrogens with one attached hydrogen (secondary N) is 1. The number of amides is 1. The van der Waals surface area contributed by atoms with Gasteiger partial charge in [0.1, 0.15) is 11.9 Å². The molecule has 5 nitrogen and oxygen atoms in total. The Morgan fingerprint density at radius 1 is 1.12 bits per heavy atom. The number of aliphatic hydroxyl groups is 1. The Kier molecular flexibility index (Phi) is 6.26. The zero-order valence-electron chi connectivity index (χ0n) is 14.8. The van der Waals surface area contributed by atoms with Crippen molar-refractivity contribution in [3.05, 3.63) is 60.2 Å². The van der Waals surface area contributed by atoms with Gasteiger partial charge in [0.15, 0.2) is 0 Å². The maximum absolute atomic E-state index is 12.3. The Bertz CT molecular complexity index is 703. The molecule has 1 aliphatic rings. The molecule has 26 heavy (non-hydrogen) atoms. The highest BCUT2D eigenvalue weighted by Crippen LogP contribution is 2.25. The number of hydrogen-bond donors (Lipinski definition) is 3. The number of carbonyl (C=O) groups is 1. The summed E-state index contributed by atoms with van der Waals surface area (Å²) in [5.41, 5.74) is 7.71. The van der Waals surface area contributed by atoms with Crippen LogP contribution >= 0.6 is 0 Å². The summed E-state index contributed by atoms with van der Waals surface area (Å²) in [6.45, 7) is 0. The van der Waals surface area contributed by atoms with Crippen molar-refractivity contribution in [3.63, 3.8) is 0 Å². The van der Waals surface area contributed by atoms with Gasteiger partial charge in [-0.3, -0.25) is 4.79 Å². The lowest BCUT2D eigenvalue weighted by atomic mass is 9.95. The van der Waals surface area contributed by atoms with Crippen molar-refractivity contribution in [2.75, 3.05) is 5.32 Å². The van der Waals surface area contributed by atoms with E-state index in [0.717, 1.165) is 31.2 Å². The van der Waals surface area contributed by atoms with Gasteiger partial charge in [-0.05, 0) is 55.5 Å². The molecule has 0 aliphatic heterocycles. The summed E-state index contributed by atoms with van der Waals surface area (Å²) in [7, 11) is 0. The smallest absolute Gasteiger partial charge is 0.241 e. The number of rotatable bonds is 6. The van der Waals surface area contributed by atoms with Gasteiger partial charge in [-0.1, -0.05) is 36.8 Å². The van der Waals surface area contributed by atoms with Crippen molar-refractivity contribution in [2.45, 2.75) is 50.4 Å². The maximum atomic E-state index is 12.3. The minimum absolute atomic E-state index is 0.150. The lowest BCUT2D eigenvalue weighted by Gasteiger charge is -2.28. The van der Waals surface area contributed by atoms with Crippen LogP contribution < -0.4 is 15.8 Å². The minimum atomic E-state index is -0.606. The first-order valence-electron chi connectivity index (χ1n) is 9.17. The summed E-state index contributed by atoms with van der Waals surface area (Å²) >= 11 is 0. The van der Waals surface area contributed by atoms with E-state index in [0.29, 0.717) is 17.9 Å². The van der Waals surface area contributed by atoms with Gasteiger partial charge in [0, 0.05) is 5.69 Å². The van der Waals surface area contributed by atoms with E-state index in [-0.39, 0.29) is 12.0 Å². The van der Waals surface area contributed by atoms with Crippen molar-refractivity contribution < 1.29 is 14.6 Å². The Hall–Kier alpha value is -2.37. The Labute approximate surface area is 154 Å². The summed E-state index contributed by atoms with van der Waals surface area (Å²) in [6.07, 6.45) is 3.73. The van der Waals surface area contributed by atoms with E-state index < -0.39 is 12.1 Å². The Morgan fingerprint density at radius 2 is 1.81 bits per heavy atom. The van der Waals surface area contributed by atoms with Crippen LogP contribution in [-0.2, 0) is 11.2 Å². The van der Waals surface area contributed by atoms with E-state index in [2.05, 4.69) is 5.32 Å². The third-order valence-electron chi connectivity index (χ3n) is 4.71. The van der Waals surface area contributed by atoms with Crippen LogP contribution in [0.5, 0.6) is 5.75 Å². The van der Waals surface area contributed by atoms with Crippen molar-refractivity contribution in [1.29, 1.82) is 0 Å². The largest absolute Gasteiger partial charge is 0.488 e. The summed E-state index contributed by atoms with van der Waals surface area (Å²) in [5, 5.41) is 12.8. The molecule has 2 aromatic rings. The molecule has 1 aliphatic carbocycles. The summed E-state index contributed by atoms with van der Waals surface area (Å²) < 4.78 is 5.87. The molecule has 3 rings (SSSR count). The highest BCUT2D eigenvalue weighted by atomic mass is 16.5. The lowest BCUT2D eigenvalue weighted by molar-refractivity contribution is -0.117. The molecule has 0 bridgehead atoms. The molecule has 0 radical (unpaired) electrons. The van der Waals surface area contributed by atoms with Crippen molar-refractivity contribution in [3.8, 4) is 5.75 Å². The normalized spacial score (nSPS) is 21.0. The van der Waals surface area contributed by atoms with Crippen LogP contribution in [0.4, 0.5) is 5.69 Å². The second-order valence-electron chi connectivity index (χ2n) is 6.82. The van der Waals surface area contributed by atoms with Crippen molar-refractivity contribution in [1.82, 2.24) is 0 Å². The molecule has 5 heteroatoms. The van der Waals surface area contributed by atoms with E-state index in [1.807, 2.05) is 30.3 Å². The molecule has 0 heterocycles. The molecule has 1 amide bonds. The second-order valence-corrected chi connectivity index (χ2v) is 6.82. The van der Waals surface area contributed by atoms with E-state index in [9.17, 15) is 9.90 Å². The highest BCUT2D eigenvalue weighted by molar-refractivity contribution is 5.94. The average Bonchev–Trinajstić information content (AvgIpc) is 2.66. The zero-order chi connectivity index (χ0) is 18.4. The fourth-order valence-corrected chi connectivity index (χ4v) is 3.20. The number of hydrogen-bond acceptors (Lipinski definition) is 4. The molecular weight excluding hydrogens is 328 g/mol. The molecule has 0 spiro atoms. The van der Waals surface area contributed by atoms with Gasteiger partial charge in [0.25, 0.3) is 0 Å². The van der Waals surface area contributed by atoms with E-state index >= 15 is 0 Å². The van der Waals surface area contributed by atoms with Gasteiger partial charge in [-0.25, -0.2) is 0 Å². The average molecular weight is 354 g/mol. The molecule has 4 N–H and O–H groups in total. The van der Waals surface area contributed by atoms with Crippen molar-refractivity contribution >= 4 is 11.6 Å². The summed E-state index contributed by atoms with van der Waals surface area (Å²) in [6, 6.07) is 16.3. The summed E-state index contributed by atoms with van der Waals surface area (Å²) in [4.78, 5) is 12.3. The molecule has 2 unspecified atom stereocenters. The monoisotopic (exact) mass is 354 g/mol. The molecule has 0 saturated heterocycles. The van der Waals surface area contributed by atoms with Crippen LogP contribution in [0.2, 0.25) is 0 Å². The summed E-state index contributed by atoms with van der Waals surface area (Å²) in [5.74, 6) is 0.479. The molecule has 138 valence electrons.